The van der Waals surface area contributed by atoms with Crippen molar-refractivity contribution in [3.8, 4) is 0 Å². The van der Waals surface area contributed by atoms with E-state index in [1.165, 1.54) is 0 Å². The van der Waals surface area contributed by atoms with Crippen molar-refractivity contribution in [2.75, 3.05) is 0 Å². The summed E-state index contributed by atoms with van der Waals surface area (Å²) in [5.41, 5.74) is 6.74. The van der Waals surface area contributed by atoms with Crippen LogP contribution in [0.15, 0.2) is 24.3 Å². The summed E-state index contributed by atoms with van der Waals surface area (Å²) >= 11 is 0. The van der Waals surface area contributed by atoms with Crippen molar-refractivity contribution in [1.29, 1.82) is 0 Å². The molecule has 0 saturated heterocycles. The number of urea groups is 1. The van der Waals surface area contributed by atoms with Crippen LogP contribution in [-0.4, -0.2) is 17.1 Å². The number of primary amides is 1. The van der Waals surface area contributed by atoms with Crippen LogP contribution in [-0.2, 0) is 4.79 Å². The zero-order chi connectivity index (χ0) is 12.1. The maximum atomic E-state index is 10.8. The van der Waals surface area contributed by atoms with E-state index in [0.717, 1.165) is 11.1 Å². The van der Waals surface area contributed by atoms with Gasteiger partial charge in [0, 0.05) is 0 Å². The number of carbonyl (C=O) groups is 2. The molecular formula is C11H14N2O3. The third-order valence-corrected chi connectivity index (χ3v) is 2.14. The number of carboxylic acids is 1. The molecule has 0 heterocycles. The Labute approximate surface area is 93.3 Å². The molecule has 0 bridgehead atoms. The average Bonchev–Trinajstić information content (AvgIpc) is 2.15. The van der Waals surface area contributed by atoms with Gasteiger partial charge in [0.25, 0.3) is 0 Å². The number of amides is 2. The van der Waals surface area contributed by atoms with Gasteiger partial charge in [0.05, 0.1) is 12.5 Å². The van der Waals surface area contributed by atoms with Gasteiger partial charge in [0.2, 0.25) is 0 Å². The van der Waals surface area contributed by atoms with Crippen molar-refractivity contribution in [3.63, 3.8) is 0 Å². The van der Waals surface area contributed by atoms with Crippen LogP contribution in [0.2, 0.25) is 0 Å². The molecule has 0 unspecified atom stereocenters. The molecule has 0 radical (unpaired) electrons. The van der Waals surface area contributed by atoms with Gasteiger partial charge in [-0.3, -0.25) is 4.79 Å². The largest absolute Gasteiger partial charge is 0.481 e. The molecule has 5 heteroatoms. The second kappa shape index (κ2) is 5.16. The Morgan fingerprint density at radius 3 is 2.69 bits per heavy atom. The highest BCUT2D eigenvalue weighted by Crippen LogP contribution is 2.17. The first-order valence-electron chi connectivity index (χ1n) is 4.83. The number of hydrogen-bond donors (Lipinski definition) is 3. The van der Waals surface area contributed by atoms with E-state index >= 15 is 0 Å². The quantitative estimate of drug-likeness (QED) is 0.714. The summed E-state index contributed by atoms with van der Waals surface area (Å²) in [4.78, 5) is 21.4. The zero-order valence-corrected chi connectivity index (χ0v) is 8.93. The summed E-state index contributed by atoms with van der Waals surface area (Å²) in [5, 5.41) is 11.1. The normalized spacial score (nSPS) is 11.8. The highest BCUT2D eigenvalue weighted by atomic mass is 16.4. The molecule has 0 aliphatic carbocycles. The van der Waals surface area contributed by atoms with Crippen molar-refractivity contribution < 1.29 is 14.7 Å². The van der Waals surface area contributed by atoms with E-state index in [1.54, 1.807) is 6.07 Å². The summed E-state index contributed by atoms with van der Waals surface area (Å²) in [5.74, 6) is -0.986. The van der Waals surface area contributed by atoms with E-state index in [0.29, 0.717) is 0 Å². The number of carboxylic acid groups (broad SMARTS) is 1. The van der Waals surface area contributed by atoms with Crippen LogP contribution in [0.3, 0.4) is 0 Å². The Morgan fingerprint density at radius 1 is 1.50 bits per heavy atom. The molecule has 0 aliphatic heterocycles. The molecule has 0 spiro atoms. The summed E-state index contributed by atoms with van der Waals surface area (Å²) in [6.45, 7) is 1.89. The molecule has 1 aromatic carbocycles. The summed E-state index contributed by atoms with van der Waals surface area (Å²) in [6, 6.07) is 5.97. The first kappa shape index (κ1) is 12.0. The number of aryl methyl sites for hydroxylation is 1. The molecular weight excluding hydrogens is 208 g/mol. The number of rotatable bonds is 4. The Kier molecular flexibility index (Phi) is 3.88. The van der Waals surface area contributed by atoms with Gasteiger partial charge in [0.1, 0.15) is 0 Å². The molecule has 5 nitrogen and oxygen atoms in total. The molecule has 2 amide bonds. The van der Waals surface area contributed by atoms with E-state index in [4.69, 9.17) is 10.8 Å². The lowest BCUT2D eigenvalue weighted by molar-refractivity contribution is -0.137. The predicted octanol–water partition coefficient (Wildman–Crippen LogP) is 1.18. The van der Waals surface area contributed by atoms with Crippen LogP contribution < -0.4 is 11.1 Å². The summed E-state index contributed by atoms with van der Waals surface area (Å²) in [6.07, 6.45) is -0.188. The first-order valence-corrected chi connectivity index (χ1v) is 4.83. The molecule has 86 valence electrons. The van der Waals surface area contributed by atoms with E-state index < -0.39 is 18.0 Å². The van der Waals surface area contributed by atoms with Gasteiger partial charge in [-0.1, -0.05) is 29.8 Å². The lowest BCUT2D eigenvalue weighted by atomic mass is 10.0. The lowest BCUT2D eigenvalue weighted by Gasteiger charge is -2.16. The van der Waals surface area contributed by atoms with E-state index in [2.05, 4.69) is 5.32 Å². The van der Waals surface area contributed by atoms with E-state index in [9.17, 15) is 9.59 Å². The standard InChI is InChI=1S/C11H14N2O3/c1-7-3-2-4-8(5-7)9(6-10(14)15)13-11(12)16/h2-5,9H,6H2,1H3,(H,14,15)(H3,12,13,16)/t9-/m1/s1. The van der Waals surface area contributed by atoms with Gasteiger partial charge in [-0.15, -0.1) is 0 Å². The Balaban J connectivity index is 2.90. The van der Waals surface area contributed by atoms with Crippen molar-refractivity contribution in [2.24, 2.45) is 5.73 Å². The topological polar surface area (TPSA) is 92.4 Å². The second-order valence-electron chi connectivity index (χ2n) is 3.57. The maximum Gasteiger partial charge on any atom is 0.312 e. The van der Waals surface area contributed by atoms with E-state index in [1.807, 2.05) is 25.1 Å². The number of nitrogens with one attached hydrogen (secondary N) is 1. The molecule has 1 aromatic rings. The minimum atomic E-state index is -0.986. The fraction of sp³-hybridized carbons (Fsp3) is 0.273. The molecule has 0 fully saturated rings. The zero-order valence-electron chi connectivity index (χ0n) is 8.93. The summed E-state index contributed by atoms with van der Waals surface area (Å²) in [7, 11) is 0. The van der Waals surface area contributed by atoms with Crippen LogP contribution in [0.25, 0.3) is 0 Å². The second-order valence-corrected chi connectivity index (χ2v) is 3.57. The number of carbonyl (C=O) groups excluding carboxylic acids is 1. The predicted molar refractivity (Wildman–Crippen MR) is 58.9 cm³/mol. The van der Waals surface area contributed by atoms with Gasteiger partial charge in [-0.25, -0.2) is 4.79 Å². The highest BCUT2D eigenvalue weighted by molar-refractivity contribution is 5.74. The molecule has 4 N–H and O–H groups in total. The minimum Gasteiger partial charge on any atom is -0.481 e. The van der Waals surface area contributed by atoms with Crippen LogP contribution in [0.5, 0.6) is 0 Å². The SMILES string of the molecule is Cc1cccc([C@@H](CC(=O)O)NC(N)=O)c1. The first-order chi connectivity index (χ1) is 7.49. The van der Waals surface area contributed by atoms with Crippen LogP contribution in [0, 0.1) is 6.92 Å². The third-order valence-electron chi connectivity index (χ3n) is 2.14. The molecule has 1 atom stereocenters. The molecule has 0 aliphatic rings. The number of nitrogens with two attached hydrogens (primary N) is 1. The van der Waals surface area contributed by atoms with Crippen LogP contribution in [0.1, 0.15) is 23.6 Å². The fourth-order valence-corrected chi connectivity index (χ4v) is 1.49. The van der Waals surface area contributed by atoms with E-state index in [-0.39, 0.29) is 6.42 Å². The van der Waals surface area contributed by atoms with Crippen molar-refractivity contribution >= 4 is 12.0 Å². The lowest BCUT2D eigenvalue weighted by Crippen LogP contribution is -2.34. The van der Waals surface area contributed by atoms with Crippen molar-refractivity contribution in [3.05, 3.63) is 35.4 Å². The van der Waals surface area contributed by atoms with Gasteiger partial charge >= 0.3 is 12.0 Å². The number of benzene rings is 1. The van der Waals surface area contributed by atoms with Crippen LogP contribution >= 0.6 is 0 Å². The minimum absolute atomic E-state index is 0.188. The monoisotopic (exact) mass is 222 g/mol. The molecule has 0 aromatic heterocycles. The smallest absolute Gasteiger partial charge is 0.312 e. The molecule has 0 saturated carbocycles. The fourth-order valence-electron chi connectivity index (χ4n) is 1.49. The Hall–Kier alpha value is -2.04. The number of aliphatic carboxylic acids is 1. The maximum absolute atomic E-state index is 10.8. The molecule has 1 rings (SSSR count). The Morgan fingerprint density at radius 2 is 2.19 bits per heavy atom. The number of hydrogen-bond acceptors (Lipinski definition) is 2. The van der Waals surface area contributed by atoms with Crippen molar-refractivity contribution in [2.45, 2.75) is 19.4 Å². The van der Waals surface area contributed by atoms with Gasteiger partial charge in [-0.2, -0.15) is 0 Å². The van der Waals surface area contributed by atoms with Crippen LogP contribution in [0.4, 0.5) is 4.79 Å². The summed E-state index contributed by atoms with van der Waals surface area (Å²) < 4.78 is 0. The van der Waals surface area contributed by atoms with Gasteiger partial charge < -0.3 is 16.2 Å². The highest BCUT2D eigenvalue weighted by Gasteiger charge is 2.16. The third kappa shape index (κ3) is 3.61. The van der Waals surface area contributed by atoms with Gasteiger partial charge in [0.15, 0.2) is 0 Å². The average molecular weight is 222 g/mol. The van der Waals surface area contributed by atoms with Crippen molar-refractivity contribution in [1.82, 2.24) is 5.32 Å². The van der Waals surface area contributed by atoms with Gasteiger partial charge in [-0.05, 0) is 12.5 Å². The molecule has 16 heavy (non-hydrogen) atoms. The Bertz CT molecular complexity index is 388.